The van der Waals surface area contributed by atoms with Crippen LogP contribution in [0.5, 0.6) is 11.5 Å². The lowest BCUT2D eigenvalue weighted by atomic mass is 10.1. The van der Waals surface area contributed by atoms with E-state index < -0.39 is 0 Å². The van der Waals surface area contributed by atoms with Crippen LogP contribution in [-0.2, 0) is 0 Å². The van der Waals surface area contributed by atoms with Crippen molar-refractivity contribution >= 4 is 0 Å². The van der Waals surface area contributed by atoms with Gasteiger partial charge >= 0.3 is 0 Å². The molecular formula is C15H23N3O2. The number of fused-ring (bicyclic) bond motifs is 1. The Bertz CT molecular complexity index is 458. The van der Waals surface area contributed by atoms with Gasteiger partial charge in [0, 0.05) is 50.9 Å². The van der Waals surface area contributed by atoms with Gasteiger partial charge < -0.3 is 20.1 Å². The standard InChI is InChI=1S/C15H23N3O2/c1-17-6-8-18(9-7-17)5-4-16-14-11-20-15-10-12(19)2-3-13(14)15/h2-3,10,14,16,19H,4-9,11H2,1H3. The van der Waals surface area contributed by atoms with Gasteiger partial charge in [0.25, 0.3) is 0 Å². The molecule has 3 rings (SSSR count). The van der Waals surface area contributed by atoms with Crippen molar-refractivity contribution in [2.24, 2.45) is 0 Å². The molecule has 0 saturated carbocycles. The molecule has 1 saturated heterocycles. The van der Waals surface area contributed by atoms with Gasteiger partial charge in [-0.2, -0.15) is 0 Å². The molecular weight excluding hydrogens is 254 g/mol. The first-order valence-corrected chi connectivity index (χ1v) is 7.32. The number of rotatable bonds is 4. The first-order chi connectivity index (χ1) is 9.72. The number of aromatic hydroxyl groups is 1. The van der Waals surface area contributed by atoms with E-state index in [2.05, 4.69) is 22.2 Å². The van der Waals surface area contributed by atoms with Gasteiger partial charge in [-0.1, -0.05) is 0 Å². The summed E-state index contributed by atoms with van der Waals surface area (Å²) < 4.78 is 5.61. The van der Waals surface area contributed by atoms with Gasteiger partial charge in [0.05, 0.1) is 6.04 Å². The van der Waals surface area contributed by atoms with Crippen LogP contribution >= 0.6 is 0 Å². The molecule has 0 amide bonds. The molecule has 0 radical (unpaired) electrons. The minimum atomic E-state index is 0.248. The molecule has 2 N–H and O–H groups in total. The molecule has 1 atom stereocenters. The highest BCUT2D eigenvalue weighted by molar-refractivity contribution is 5.44. The zero-order chi connectivity index (χ0) is 13.9. The van der Waals surface area contributed by atoms with Crippen LogP contribution in [0.15, 0.2) is 18.2 Å². The molecule has 2 aliphatic heterocycles. The van der Waals surface area contributed by atoms with Crippen molar-refractivity contribution in [3.05, 3.63) is 23.8 Å². The van der Waals surface area contributed by atoms with Crippen molar-refractivity contribution in [3.8, 4) is 11.5 Å². The smallest absolute Gasteiger partial charge is 0.127 e. The number of nitrogens with zero attached hydrogens (tertiary/aromatic N) is 2. The van der Waals surface area contributed by atoms with Gasteiger partial charge in [-0.05, 0) is 19.2 Å². The summed E-state index contributed by atoms with van der Waals surface area (Å²) in [5.74, 6) is 1.07. The maximum absolute atomic E-state index is 9.44. The molecule has 5 nitrogen and oxygen atoms in total. The molecule has 0 aromatic heterocycles. The Kier molecular flexibility index (Phi) is 4.10. The molecule has 1 aromatic rings. The van der Waals surface area contributed by atoms with E-state index in [1.165, 1.54) is 0 Å². The molecule has 5 heteroatoms. The summed E-state index contributed by atoms with van der Waals surface area (Å²) in [7, 11) is 2.18. The lowest BCUT2D eigenvalue weighted by molar-refractivity contribution is 0.153. The largest absolute Gasteiger partial charge is 0.508 e. The van der Waals surface area contributed by atoms with Crippen LogP contribution in [0.25, 0.3) is 0 Å². The number of hydrogen-bond acceptors (Lipinski definition) is 5. The van der Waals surface area contributed by atoms with E-state index in [0.717, 1.165) is 50.6 Å². The quantitative estimate of drug-likeness (QED) is 0.847. The highest BCUT2D eigenvalue weighted by atomic mass is 16.5. The minimum absolute atomic E-state index is 0.248. The highest BCUT2D eigenvalue weighted by Crippen LogP contribution is 2.34. The van der Waals surface area contributed by atoms with Crippen molar-refractivity contribution < 1.29 is 9.84 Å². The van der Waals surface area contributed by atoms with Crippen molar-refractivity contribution in [2.45, 2.75) is 6.04 Å². The third kappa shape index (κ3) is 3.06. The van der Waals surface area contributed by atoms with Crippen molar-refractivity contribution in [1.82, 2.24) is 15.1 Å². The Morgan fingerprint density at radius 2 is 2.10 bits per heavy atom. The average molecular weight is 277 g/mol. The first kappa shape index (κ1) is 13.7. The summed E-state index contributed by atoms with van der Waals surface area (Å²) in [6.45, 7) is 7.34. The lowest BCUT2D eigenvalue weighted by Gasteiger charge is -2.32. The van der Waals surface area contributed by atoms with E-state index in [4.69, 9.17) is 4.74 Å². The van der Waals surface area contributed by atoms with Crippen LogP contribution in [0, 0.1) is 0 Å². The molecule has 0 aliphatic carbocycles. The number of ether oxygens (including phenoxy) is 1. The molecule has 1 unspecified atom stereocenters. The predicted molar refractivity (Wildman–Crippen MR) is 78.3 cm³/mol. The molecule has 110 valence electrons. The Balaban J connectivity index is 1.46. The topological polar surface area (TPSA) is 48.0 Å². The molecule has 1 fully saturated rings. The van der Waals surface area contributed by atoms with Crippen LogP contribution in [0.1, 0.15) is 11.6 Å². The first-order valence-electron chi connectivity index (χ1n) is 7.32. The van der Waals surface area contributed by atoms with Crippen molar-refractivity contribution in [2.75, 3.05) is 52.9 Å². The Morgan fingerprint density at radius 3 is 2.90 bits per heavy atom. The van der Waals surface area contributed by atoms with Crippen molar-refractivity contribution in [1.29, 1.82) is 0 Å². The predicted octanol–water partition coefficient (Wildman–Crippen LogP) is 0.663. The Hall–Kier alpha value is -1.30. The summed E-state index contributed by atoms with van der Waals surface area (Å²) >= 11 is 0. The number of piperazine rings is 1. The van der Waals surface area contributed by atoms with E-state index in [0.29, 0.717) is 6.61 Å². The fraction of sp³-hybridized carbons (Fsp3) is 0.600. The van der Waals surface area contributed by atoms with Crippen LogP contribution in [0.4, 0.5) is 0 Å². The second kappa shape index (κ2) is 5.99. The van der Waals surface area contributed by atoms with Gasteiger partial charge in [0.1, 0.15) is 18.1 Å². The second-order valence-electron chi connectivity index (χ2n) is 5.68. The van der Waals surface area contributed by atoms with Gasteiger partial charge in [-0.25, -0.2) is 0 Å². The van der Waals surface area contributed by atoms with Crippen LogP contribution < -0.4 is 10.1 Å². The average Bonchev–Trinajstić information content (AvgIpc) is 2.83. The monoisotopic (exact) mass is 277 g/mol. The molecule has 0 spiro atoms. The van der Waals surface area contributed by atoms with Crippen LogP contribution in [0.2, 0.25) is 0 Å². The maximum Gasteiger partial charge on any atom is 0.127 e. The van der Waals surface area contributed by atoms with Crippen LogP contribution in [-0.4, -0.2) is 67.8 Å². The second-order valence-corrected chi connectivity index (χ2v) is 5.68. The fourth-order valence-electron chi connectivity index (χ4n) is 2.84. The van der Waals surface area contributed by atoms with E-state index in [-0.39, 0.29) is 11.8 Å². The minimum Gasteiger partial charge on any atom is -0.508 e. The number of phenolic OH excluding ortho intramolecular Hbond substituents is 1. The summed E-state index contributed by atoms with van der Waals surface area (Å²) in [4.78, 5) is 4.87. The summed E-state index contributed by atoms with van der Waals surface area (Å²) in [6, 6.07) is 5.61. The summed E-state index contributed by atoms with van der Waals surface area (Å²) in [5.41, 5.74) is 1.15. The highest BCUT2D eigenvalue weighted by Gasteiger charge is 2.24. The van der Waals surface area contributed by atoms with Gasteiger partial charge in [0.2, 0.25) is 0 Å². The Morgan fingerprint density at radius 1 is 1.30 bits per heavy atom. The van der Waals surface area contributed by atoms with Crippen molar-refractivity contribution in [3.63, 3.8) is 0 Å². The lowest BCUT2D eigenvalue weighted by Crippen LogP contribution is -2.46. The third-order valence-electron chi connectivity index (χ3n) is 4.19. The maximum atomic E-state index is 9.44. The van der Waals surface area contributed by atoms with E-state index in [1.54, 1.807) is 12.1 Å². The molecule has 2 aliphatic rings. The SMILES string of the molecule is CN1CCN(CCNC2COc3cc(O)ccc32)CC1. The Labute approximate surface area is 120 Å². The van der Waals surface area contributed by atoms with Gasteiger partial charge in [0.15, 0.2) is 0 Å². The number of nitrogens with one attached hydrogen (secondary N) is 1. The number of hydrogen-bond donors (Lipinski definition) is 2. The third-order valence-corrected chi connectivity index (χ3v) is 4.19. The van der Waals surface area contributed by atoms with Gasteiger partial charge in [-0.3, -0.25) is 4.90 Å². The van der Waals surface area contributed by atoms with Crippen LogP contribution in [0.3, 0.4) is 0 Å². The molecule has 20 heavy (non-hydrogen) atoms. The molecule has 1 aromatic carbocycles. The fourth-order valence-corrected chi connectivity index (χ4v) is 2.84. The summed E-state index contributed by atoms with van der Waals surface area (Å²) in [5, 5.41) is 13.0. The van der Waals surface area contributed by atoms with E-state index >= 15 is 0 Å². The van der Waals surface area contributed by atoms with E-state index in [9.17, 15) is 5.11 Å². The zero-order valence-electron chi connectivity index (χ0n) is 12.0. The zero-order valence-corrected chi connectivity index (χ0v) is 12.0. The normalized spacial score (nSPS) is 23.6. The van der Waals surface area contributed by atoms with Gasteiger partial charge in [-0.15, -0.1) is 0 Å². The summed E-state index contributed by atoms with van der Waals surface area (Å²) in [6.07, 6.45) is 0. The number of benzene rings is 1. The number of likely N-dealkylation sites (N-methyl/N-ethyl adjacent to an activating group) is 1. The molecule has 0 bridgehead atoms. The van der Waals surface area contributed by atoms with E-state index in [1.807, 2.05) is 6.07 Å². The number of phenols is 1. The molecule has 2 heterocycles.